The smallest absolute Gasteiger partial charge is 0.299 e. The Labute approximate surface area is 74.7 Å². The lowest BCUT2D eigenvalue weighted by Gasteiger charge is -1.84. The predicted octanol–water partition coefficient (Wildman–Crippen LogP) is -1.12. The molecule has 0 aromatic rings. The average molecular weight is 203 g/mol. The summed E-state index contributed by atoms with van der Waals surface area (Å²) in [5.74, 6) is 0. The first-order valence-electron chi connectivity index (χ1n) is 3.22. The molecule has 7 heteroatoms. The van der Waals surface area contributed by atoms with Crippen molar-refractivity contribution >= 4 is 11.4 Å². The van der Waals surface area contributed by atoms with Gasteiger partial charge in [-0.15, -0.1) is 0 Å². The zero-order valence-corrected chi connectivity index (χ0v) is 8.04. The van der Waals surface area contributed by atoms with E-state index in [1.807, 2.05) is 0 Å². The Morgan fingerprint density at radius 3 is 1.58 bits per heavy atom. The fourth-order valence-electron chi connectivity index (χ4n) is 0.112. The number of hydrogen-bond donors (Lipinski definition) is 5. The highest BCUT2D eigenvalue weighted by Gasteiger charge is 1.65. The maximum Gasteiger partial charge on any atom is 0.299 e. The van der Waals surface area contributed by atoms with Gasteiger partial charge >= 0.3 is 0 Å². The quantitative estimate of drug-likeness (QED) is 0.364. The van der Waals surface area contributed by atoms with Crippen molar-refractivity contribution in [3.63, 3.8) is 0 Å². The molecule has 0 aromatic carbocycles. The summed E-state index contributed by atoms with van der Waals surface area (Å²) in [7, 11) is 1.80. The molecule has 0 amide bonds. The number of rotatable bonds is 2. The van der Waals surface area contributed by atoms with E-state index in [0.29, 0.717) is 6.54 Å². The molecule has 0 aliphatic heterocycles. The number of aliphatic hydroxyl groups excluding tert-OH is 2. The third-order valence-corrected chi connectivity index (χ3v) is 0.362. The number of aliphatic hydroxyl groups is 2. The molecule has 0 aromatic heterocycles. The SMILES string of the molecule is CCO.CNCCO.O=S(O)O. The lowest BCUT2D eigenvalue weighted by atomic mass is 10.7. The Balaban J connectivity index is -0.000000105. The summed E-state index contributed by atoms with van der Waals surface area (Å²) in [4.78, 5) is 0. The van der Waals surface area contributed by atoms with E-state index in [9.17, 15) is 0 Å². The van der Waals surface area contributed by atoms with Gasteiger partial charge in [0.15, 0.2) is 0 Å². The monoisotopic (exact) mass is 203 g/mol. The van der Waals surface area contributed by atoms with E-state index in [4.69, 9.17) is 23.5 Å². The van der Waals surface area contributed by atoms with Gasteiger partial charge < -0.3 is 15.5 Å². The summed E-state index contributed by atoms with van der Waals surface area (Å²) in [6.45, 7) is 2.86. The zero-order chi connectivity index (χ0) is 10.4. The van der Waals surface area contributed by atoms with Gasteiger partial charge in [-0.25, -0.2) is 0 Å². The number of nitrogens with one attached hydrogen (secondary N) is 1. The topological polar surface area (TPSA) is 110 Å². The summed E-state index contributed by atoms with van der Waals surface area (Å²) < 4.78 is 22.8. The molecule has 0 saturated heterocycles. The van der Waals surface area contributed by atoms with E-state index in [1.165, 1.54) is 0 Å². The molecular weight excluding hydrogens is 186 g/mol. The molecule has 5 N–H and O–H groups in total. The van der Waals surface area contributed by atoms with Crippen LogP contribution >= 0.6 is 0 Å². The van der Waals surface area contributed by atoms with Crippen molar-refractivity contribution < 1.29 is 23.5 Å². The Morgan fingerprint density at radius 1 is 1.33 bits per heavy atom. The van der Waals surface area contributed by atoms with Crippen molar-refractivity contribution in [1.29, 1.82) is 0 Å². The molecule has 0 bridgehead atoms. The molecule has 0 saturated carbocycles. The van der Waals surface area contributed by atoms with Crippen LogP contribution < -0.4 is 5.32 Å². The van der Waals surface area contributed by atoms with E-state index in [-0.39, 0.29) is 13.2 Å². The molecule has 0 fully saturated rings. The lowest BCUT2D eigenvalue weighted by Crippen LogP contribution is -2.10. The summed E-state index contributed by atoms with van der Waals surface area (Å²) >= 11 is -2.61. The first-order valence-corrected chi connectivity index (χ1v) is 4.29. The van der Waals surface area contributed by atoms with Crippen LogP contribution in [0.2, 0.25) is 0 Å². The molecule has 0 aliphatic carbocycles. The second-order valence-corrected chi connectivity index (χ2v) is 1.84. The van der Waals surface area contributed by atoms with Crippen molar-refractivity contribution in [2.75, 3.05) is 26.8 Å². The van der Waals surface area contributed by atoms with Crippen LogP contribution in [0.5, 0.6) is 0 Å². The highest BCUT2D eigenvalue weighted by Crippen LogP contribution is 1.44. The second-order valence-electron chi connectivity index (χ2n) is 1.37. The van der Waals surface area contributed by atoms with E-state index in [0.717, 1.165) is 0 Å². The van der Waals surface area contributed by atoms with Gasteiger partial charge in [-0.1, -0.05) is 0 Å². The minimum atomic E-state index is -2.61. The minimum absolute atomic E-state index is 0.233. The molecule has 0 heterocycles. The van der Waals surface area contributed by atoms with E-state index in [1.54, 1.807) is 14.0 Å². The largest absolute Gasteiger partial charge is 0.397 e. The van der Waals surface area contributed by atoms with Crippen LogP contribution in [0.3, 0.4) is 0 Å². The van der Waals surface area contributed by atoms with E-state index in [2.05, 4.69) is 5.32 Å². The van der Waals surface area contributed by atoms with Crippen molar-refractivity contribution in [3.8, 4) is 0 Å². The minimum Gasteiger partial charge on any atom is -0.397 e. The van der Waals surface area contributed by atoms with Crippen LogP contribution in [0.4, 0.5) is 0 Å². The molecule has 0 spiro atoms. The molecule has 0 aliphatic rings. The molecule has 0 radical (unpaired) electrons. The standard InChI is InChI=1S/C3H9NO.C2H6O.H2O3S/c1-4-2-3-5;1-2-3;1-4(2)3/h4-5H,2-3H2,1H3;3H,2H2,1H3;(H2,1,2,3). The van der Waals surface area contributed by atoms with E-state index < -0.39 is 11.4 Å². The third kappa shape index (κ3) is 210. The normalized spacial score (nSPS) is 7.92. The average Bonchev–Trinajstić information content (AvgIpc) is 1.89. The van der Waals surface area contributed by atoms with Crippen LogP contribution in [0, 0.1) is 0 Å². The summed E-state index contributed by atoms with van der Waals surface area (Å²) in [6, 6.07) is 0. The lowest BCUT2D eigenvalue weighted by molar-refractivity contribution is 0.296. The predicted molar refractivity (Wildman–Crippen MR) is 47.2 cm³/mol. The first kappa shape index (κ1) is 17.9. The summed E-state index contributed by atoms with van der Waals surface area (Å²) in [6.07, 6.45) is 0. The van der Waals surface area contributed by atoms with Gasteiger partial charge in [0.2, 0.25) is 0 Å². The maximum absolute atomic E-state index is 8.67. The Kier molecular flexibility index (Phi) is 33.5. The fourth-order valence-corrected chi connectivity index (χ4v) is 0.112. The third-order valence-electron chi connectivity index (χ3n) is 0.362. The molecule has 6 nitrogen and oxygen atoms in total. The Bertz CT molecular complexity index is 76.2. The van der Waals surface area contributed by atoms with Crippen LogP contribution in [0.15, 0.2) is 0 Å². The van der Waals surface area contributed by atoms with Gasteiger partial charge in [0, 0.05) is 13.2 Å². The Morgan fingerprint density at radius 2 is 1.58 bits per heavy atom. The van der Waals surface area contributed by atoms with Crippen LogP contribution in [0.1, 0.15) is 6.92 Å². The highest BCUT2D eigenvalue weighted by molar-refractivity contribution is 7.73. The van der Waals surface area contributed by atoms with Gasteiger partial charge in [-0.3, -0.25) is 9.11 Å². The van der Waals surface area contributed by atoms with Crippen molar-refractivity contribution in [2.45, 2.75) is 6.92 Å². The summed E-state index contributed by atoms with van der Waals surface area (Å²) in [5, 5.41) is 18.3. The molecule has 78 valence electrons. The van der Waals surface area contributed by atoms with Gasteiger partial charge in [0.1, 0.15) is 0 Å². The molecular formula is C5H17NO5S. The first-order chi connectivity index (χ1) is 5.56. The van der Waals surface area contributed by atoms with Crippen molar-refractivity contribution in [3.05, 3.63) is 0 Å². The van der Waals surface area contributed by atoms with Crippen LogP contribution in [0.25, 0.3) is 0 Å². The molecule has 0 atom stereocenters. The van der Waals surface area contributed by atoms with Crippen molar-refractivity contribution in [2.24, 2.45) is 0 Å². The molecule has 0 rings (SSSR count). The maximum atomic E-state index is 8.67. The zero-order valence-electron chi connectivity index (χ0n) is 7.23. The van der Waals surface area contributed by atoms with Crippen LogP contribution in [-0.2, 0) is 11.4 Å². The number of likely N-dealkylation sites (N-methyl/N-ethyl adjacent to an activating group) is 1. The molecule has 12 heavy (non-hydrogen) atoms. The number of hydrogen-bond acceptors (Lipinski definition) is 4. The van der Waals surface area contributed by atoms with Crippen molar-refractivity contribution in [1.82, 2.24) is 5.32 Å². The van der Waals surface area contributed by atoms with Gasteiger partial charge in [-0.2, -0.15) is 4.21 Å². The second kappa shape index (κ2) is 22.4. The summed E-state index contributed by atoms with van der Waals surface area (Å²) in [5.41, 5.74) is 0. The van der Waals surface area contributed by atoms with Crippen LogP contribution in [-0.4, -0.2) is 50.3 Å². The Hall–Kier alpha value is -0.0500. The van der Waals surface area contributed by atoms with Gasteiger partial charge in [-0.05, 0) is 14.0 Å². The van der Waals surface area contributed by atoms with E-state index >= 15 is 0 Å². The highest BCUT2D eigenvalue weighted by atomic mass is 32.2. The fraction of sp³-hybridized carbons (Fsp3) is 1.00. The van der Waals surface area contributed by atoms with Gasteiger partial charge in [0.25, 0.3) is 11.4 Å². The van der Waals surface area contributed by atoms with Gasteiger partial charge in [0.05, 0.1) is 6.61 Å². The molecule has 0 unspecified atom stereocenters.